The number of aromatic amines is 1. The highest BCUT2D eigenvalue weighted by Crippen LogP contribution is 2.20. The number of alkyl carbamates (subject to hydrolysis) is 1. The Morgan fingerprint density at radius 3 is 2.34 bits per heavy atom. The predicted octanol–water partition coefficient (Wildman–Crippen LogP) is 2.67. The maximum absolute atomic E-state index is 13.6. The van der Waals surface area contributed by atoms with Crippen molar-refractivity contribution in [2.24, 2.45) is 5.73 Å². The van der Waals surface area contributed by atoms with Gasteiger partial charge in [0.05, 0.1) is 6.61 Å². The minimum atomic E-state index is -1.06. The lowest BCUT2D eigenvalue weighted by Crippen LogP contribution is -2.54. The van der Waals surface area contributed by atoms with Gasteiger partial charge in [0.1, 0.15) is 17.7 Å². The SMILES string of the molecule is CC(C)(C)OC(=O)N[C@@H](Cc1c[nH]c2ccccc12)C(=O)N[C@@H](CCCNC(N)=O)C(=O)Nc1ccc(CO)cc1. The summed E-state index contributed by atoms with van der Waals surface area (Å²) in [5, 5.41) is 20.8. The first kappa shape index (κ1) is 31.0. The molecule has 0 aliphatic carbocycles. The van der Waals surface area contributed by atoms with Crippen molar-refractivity contribution in [1.82, 2.24) is 20.9 Å². The van der Waals surface area contributed by atoms with E-state index in [0.29, 0.717) is 17.7 Å². The van der Waals surface area contributed by atoms with Crippen LogP contribution in [0.15, 0.2) is 54.7 Å². The van der Waals surface area contributed by atoms with E-state index < -0.39 is 41.6 Å². The monoisotopic (exact) mass is 566 g/mol. The molecule has 5 amide bonds. The number of primary amides is 1. The summed E-state index contributed by atoms with van der Waals surface area (Å²) in [4.78, 5) is 53.8. The van der Waals surface area contributed by atoms with Crippen LogP contribution in [0.4, 0.5) is 15.3 Å². The Bertz CT molecular complexity index is 1350. The molecule has 220 valence electrons. The van der Waals surface area contributed by atoms with E-state index in [1.807, 2.05) is 24.3 Å². The average Bonchev–Trinajstić information content (AvgIpc) is 3.32. The largest absolute Gasteiger partial charge is 0.444 e. The predicted molar refractivity (Wildman–Crippen MR) is 155 cm³/mol. The number of H-pyrrole nitrogens is 1. The maximum Gasteiger partial charge on any atom is 0.408 e. The molecule has 0 aliphatic heterocycles. The molecule has 1 aromatic heterocycles. The molecular formula is C29H38N6O6. The van der Waals surface area contributed by atoms with Crippen LogP contribution in [0.1, 0.15) is 44.7 Å². The summed E-state index contributed by atoms with van der Waals surface area (Å²) < 4.78 is 5.39. The van der Waals surface area contributed by atoms with Gasteiger partial charge in [0.15, 0.2) is 0 Å². The Morgan fingerprint density at radius 2 is 1.68 bits per heavy atom. The van der Waals surface area contributed by atoms with E-state index >= 15 is 0 Å². The zero-order valence-electron chi connectivity index (χ0n) is 23.5. The van der Waals surface area contributed by atoms with Crippen molar-refractivity contribution in [2.75, 3.05) is 11.9 Å². The number of benzene rings is 2. The van der Waals surface area contributed by atoms with E-state index in [4.69, 9.17) is 10.5 Å². The number of aliphatic hydroxyl groups is 1. The van der Waals surface area contributed by atoms with E-state index in [-0.39, 0.29) is 26.0 Å². The molecule has 0 saturated heterocycles. The second kappa shape index (κ2) is 14.2. The second-order valence-electron chi connectivity index (χ2n) is 10.6. The Labute approximate surface area is 238 Å². The Kier molecular flexibility index (Phi) is 10.7. The molecule has 0 fully saturated rings. The fourth-order valence-corrected chi connectivity index (χ4v) is 4.16. The van der Waals surface area contributed by atoms with Gasteiger partial charge in [-0.1, -0.05) is 30.3 Å². The highest BCUT2D eigenvalue weighted by Gasteiger charge is 2.29. The third-order valence-electron chi connectivity index (χ3n) is 6.11. The van der Waals surface area contributed by atoms with Crippen LogP contribution in [0.25, 0.3) is 10.9 Å². The van der Waals surface area contributed by atoms with Crippen molar-refractivity contribution in [2.45, 2.75) is 64.3 Å². The fraction of sp³-hybridized carbons (Fsp3) is 0.379. The van der Waals surface area contributed by atoms with E-state index in [1.165, 1.54) is 0 Å². The van der Waals surface area contributed by atoms with Crippen molar-refractivity contribution in [3.63, 3.8) is 0 Å². The van der Waals surface area contributed by atoms with Crippen LogP contribution in [-0.4, -0.2) is 58.3 Å². The van der Waals surface area contributed by atoms with Gasteiger partial charge in [-0.25, -0.2) is 9.59 Å². The maximum atomic E-state index is 13.6. The Morgan fingerprint density at radius 1 is 0.976 bits per heavy atom. The number of para-hydroxylation sites is 1. The first-order valence-electron chi connectivity index (χ1n) is 13.3. The van der Waals surface area contributed by atoms with Crippen molar-refractivity contribution in [3.8, 4) is 0 Å². The number of aromatic nitrogens is 1. The van der Waals surface area contributed by atoms with Gasteiger partial charge in [-0.2, -0.15) is 0 Å². The zero-order chi connectivity index (χ0) is 30.0. The fourth-order valence-electron chi connectivity index (χ4n) is 4.16. The summed E-state index contributed by atoms with van der Waals surface area (Å²) in [7, 11) is 0. The number of carbonyl (C=O) groups excluding carboxylic acids is 4. The minimum Gasteiger partial charge on any atom is -0.444 e. The quantitative estimate of drug-likeness (QED) is 0.165. The van der Waals surface area contributed by atoms with Gasteiger partial charge in [0, 0.05) is 35.8 Å². The van der Waals surface area contributed by atoms with Gasteiger partial charge in [-0.3, -0.25) is 9.59 Å². The van der Waals surface area contributed by atoms with Gasteiger partial charge < -0.3 is 41.8 Å². The standard InChI is InChI=1S/C29H38N6O6/c1-29(2,3)41-28(40)35-24(15-19-16-32-22-8-5-4-7-21(19)22)26(38)34-23(9-6-14-31-27(30)39)25(37)33-20-12-10-18(17-36)11-13-20/h4-5,7-8,10-13,16,23-24,32,36H,6,9,14-15,17H2,1-3H3,(H,33,37)(H,34,38)(H,35,40)(H3,30,31,39)/t23-,24-/m0/s1. The van der Waals surface area contributed by atoms with Crippen LogP contribution < -0.4 is 27.0 Å². The summed E-state index contributed by atoms with van der Waals surface area (Å²) in [5.74, 6) is -1.07. The lowest BCUT2D eigenvalue weighted by molar-refractivity contribution is -0.128. The molecule has 3 aromatic rings. The van der Waals surface area contributed by atoms with Gasteiger partial charge in [-0.05, 0) is 62.9 Å². The number of amides is 5. The van der Waals surface area contributed by atoms with Crippen molar-refractivity contribution >= 4 is 40.5 Å². The zero-order valence-corrected chi connectivity index (χ0v) is 23.5. The Hall–Kier alpha value is -4.58. The molecule has 0 spiro atoms. The number of nitrogens with two attached hydrogens (primary N) is 1. The van der Waals surface area contributed by atoms with Crippen molar-refractivity contribution in [3.05, 3.63) is 65.9 Å². The van der Waals surface area contributed by atoms with Gasteiger partial charge >= 0.3 is 12.1 Å². The number of ether oxygens (including phenoxy) is 1. The number of aliphatic hydroxyl groups excluding tert-OH is 1. The number of fused-ring (bicyclic) bond motifs is 1. The molecule has 0 aliphatic rings. The number of nitrogens with one attached hydrogen (secondary N) is 5. The lowest BCUT2D eigenvalue weighted by atomic mass is 10.0. The summed E-state index contributed by atoms with van der Waals surface area (Å²) >= 11 is 0. The highest BCUT2D eigenvalue weighted by atomic mass is 16.6. The molecule has 0 unspecified atom stereocenters. The first-order chi connectivity index (χ1) is 19.4. The molecule has 12 heteroatoms. The summed E-state index contributed by atoms with van der Waals surface area (Å²) in [6, 6.07) is 11.4. The van der Waals surface area contributed by atoms with Gasteiger partial charge in [0.25, 0.3) is 0 Å². The number of urea groups is 1. The second-order valence-corrected chi connectivity index (χ2v) is 10.6. The van der Waals surface area contributed by atoms with Crippen molar-refractivity contribution in [1.29, 1.82) is 0 Å². The number of hydrogen-bond acceptors (Lipinski definition) is 6. The van der Waals surface area contributed by atoms with Gasteiger partial charge in [0.2, 0.25) is 11.8 Å². The van der Waals surface area contributed by atoms with Crippen LogP contribution >= 0.6 is 0 Å². The smallest absolute Gasteiger partial charge is 0.408 e. The number of rotatable bonds is 12. The average molecular weight is 567 g/mol. The normalized spacial score (nSPS) is 12.7. The molecule has 0 bridgehead atoms. The summed E-state index contributed by atoms with van der Waals surface area (Å²) in [6.07, 6.45) is 1.66. The molecule has 2 atom stereocenters. The molecular weight excluding hydrogens is 528 g/mol. The van der Waals surface area contributed by atoms with E-state index in [1.54, 1.807) is 51.2 Å². The molecule has 3 rings (SSSR count). The van der Waals surface area contributed by atoms with Crippen LogP contribution in [0.3, 0.4) is 0 Å². The summed E-state index contributed by atoms with van der Waals surface area (Å²) in [6.45, 7) is 5.22. The number of hydrogen-bond donors (Lipinski definition) is 7. The van der Waals surface area contributed by atoms with E-state index in [0.717, 1.165) is 16.5 Å². The summed E-state index contributed by atoms with van der Waals surface area (Å²) in [5.41, 5.74) is 7.19. The molecule has 0 radical (unpaired) electrons. The Balaban J connectivity index is 1.81. The van der Waals surface area contributed by atoms with Crippen LogP contribution in [0.5, 0.6) is 0 Å². The third-order valence-corrected chi connectivity index (χ3v) is 6.11. The molecule has 12 nitrogen and oxygen atoms in total. The van der Waals surface area contributed by atoms with Crippen molar-refractivity contribution < 1.29 is 29.0 Å². The third kappa shape index (κ3) is 9.84. The lowest BCUT2D eigenvalue weighted by Gasteiger charge is -2.25. The van der Waals surface area contributed by atoms with E-state index in [9.17, 15) is 24.3 Å². The first-order valence-corrected chi connectivity index (χ1v) is 13.3. The highest BCUT2D eigenvalue weighted by molar-refractivity contribution is 5.98. The molecule has 2 aromatic carbocycles. The van der Waals surface area contributed by atoms with Crippen LogP contribution in [-0.2, 0) is 27.4 Å². The molecule has 1 heterocycles. The van der Waals surface area contributed by atoms with E-state index in [2.05, 4.69) is 26.3 Å². The van der Waals surface area contributed by atoms with Crippen LogP contribution in [0.2, 0.25) is 0 Å². The molecule has 41 heavy (non-hydrogen) atoms. The minimum absolute atomic E-state index is 0.134. The number of carbonyl (C=O) groups is 4. The topological polar surface area (TPSA) is 188 Å². The molecule has 0 saturated carbocycles. The van der Waals surface area contributed by atoms with Crippen LogP contribution in [0, 0.1) is 0 Å². The molecule has 8 N–H and O–H groups in total. The van der Waals surface area contributed by atoms with Gasteiger partial charge in [-0.15, -0.1) is 0 Å². The number of anilines is 1.